The van der Waals surface area contributed by atoms with Crippen molar-refractivity contribution >= 4 is 67.8 Å². The van der Waals surface area contributed by atoms with E-state index in [9.17, 15) is 13.2 Å². The summed E-state index contributed by atoms with van der Waals surface area (Å²) in [7, 11) is -3.96. The van der Waals surface area contributed by atoms with Crippen LogP contribution in [0.5, 0.6) is 0 Å². The second-order valence-corrected chi connectivity index (χ2v) is 7.85. The van der Waals surface area contributed by atoms with Gasteiger partial charge >= 0.3 is 5.97 Å². The number of carbonyl (C=O) groups is 1. The van der Waals surface area contributed by atoms with Crippen molar-refractivity contribution in [2.75, 3.05) is 4.72 Å². The van der Waals surface area contributed by atoms with Gasteiger partial charge in [-0.05, 0) is 18.2 Å². The van der Waals surface area contributed by atoms with E-state index in [0.717, 1.165) is 17.4 Å². The molecule has 0 unspecified atom stereocenters. The van der Waals surface area contributed by atoms with Crippen LogP contribution in [0.15, 0.2) is 27.8 Å². The lowest BCUT2D eigenvalue weighted by Crippen LogP contribution is -2.12. The molecule has 10 heteroatoms. The highest BCUT2D eigenvalue weighted by atomic mass is 35.5. The first-order valence-electron chi connectivity index (χ1n) is 5.20. The van der Waals surface area contributed by atoms with Crippen LogP contribution in [-0.4, -0.2) is 19.5 Å². The molecule has 5 nitrogen and oxygen atoms in total. The van der Waals surface area contributed by atoms with Crippen LogP contribution in [-0.2, 0) is 10.0 Å². The summed E-state index contributed by atoms with van der Waals surface area (Å²) in [6.45, 7) is 0. The van der Waals surface area contributed by atoms with Gasteiger partial charge in [-0.15, -0.1) is 11.3 Å². The van der Waals surface area contributed by atoms with Crippen LogP contribution in [0.3, 0.4) is 0 Å². The van der Waals surface area contributed by atoms with E-state index < -0.39 is 16.0 Å². The Kier molecular flexibility index (Phi) is 4.69. The quantitative estimate of drug-likeness (QED) is 0.771. The van der Waals surface area contributed by atoms with E-state index in [1.807, 2.05) is 0 Å². The van der Waals surface area contributed by atoms with Crippen molar-refractivity contribution in [2.24, 2.45) is 0 Å². The van der Waals surface area contributed by atoms with Gasteiger partial charge in [0.1, 0.15) is 4.21 Å². The first kappa shape index (κ1) is 16.4. The molecule has 0 spiro atoms. The number of hydrogen-bond acceptors (Lipinski definition) is 4. The average Bonchev–Trinajstić information content (AvgIpc) is 2.86. The second-order valence-electron chi connectivity index (χ2n) is 3.81. The van der Waals surface area contributed by atoms with Crippen LogP contribution in [0.1, 0.15) is 10.4 Å². The lowest BCUT2D eigenvalue weighted by Gasteiger charge is -2.09. The SMILES string of the molecule is O=C(O)c1csc(S(=O)(=O)Nc2cc(Cl)c(Cl)cc2Cl)c1. The van der Waals surface area contributed by atoms with Gasteiger partial charge in [0.15, 0.2) is 0 Å². The van der Waals surface area contributed by atoms with E-state index >= 15 is 0 Å². The number of nitrogens with one attached hydrogen (secondary N) is 1. The summed E-state index contributed by atoms with van der Waals surface area (Å²) >= 11 is 18.2. The number of benzene rings is 1. The number of hydrogen-bond donors (Lipinski definition) is 2. The molecule has 1 heterocycles. The number of sulfonamides is 1. The van der Waals surface area contributed by atoms with Crippen molar-refractivity contribution in [2.45, 2.75) is 4.21 Å². The Morgan fingerprint density at radius 1 is 1.10 bits per heavy atom. The highest BCUT2D eigenvalue weighted by Crippen LogP contribution is 2.34. The van der Waals surface area contributed by atoms with Crippen molar-refractivity contribution < 1.29 is 18.3 Å². The van der Waals surface area contributed by atoms with Crippen molar-refractivity contribution in [1.29, 1.82) is 0 Å². The van der Waals surface area contributed by atoms with Gasteiger partial charge in [-0.1, -0.05) is 34.8 Å². The van der Waals surface area contributed by atoms with Crippen LogP contribution in [0.25, 0.3) is 0 Å². The van der Waals surface area contributed by atoms with Gasteiger partial charge in [-0.2, -0.15) is 0 Å². The Labute approximate surface area is 139 Å². The Balaban J connectivity index is 2.37. The largest absolute Gasteiger partial charge is 0.478 e. The molecule has 2 rings (SSSR count). The van der Waals surface area contributed by atoms with Crippen molar-refractivity contribution in [3.8, 4) is 0 Å². The maximum Gasteiger partial charge on any atom is 0.336 e. The highest BCUT2D eigenvalue weighted by molar-refractivity contribution is 7.94. The molecular formula is C11H6Cl3NO4S2. The summed E-state index contributed by atoms with van der Waals surface area (Å²) in [5.41, 5.74) is -0.0584. The van der Waals surface area contributed by atoms with Gasteiger partial charge in [0.05, 0.1) is 26.3 Å². The van der Waals surface area contributed by atoms with Crippen molar-refractivity contribution in [3.05, 3.63) is 44.2 Å². The molecule has 1 aromatic carbocycles. The molecular weight excluding hydrogens is 381 g/mol. The number of aromatic carboxylic acids is 1. The molecule has 0 saturated heterocycles. The summed E-state index contributed by atoms with van der Waals surface area (Å²) in [5.74, 6) is -1.21. The van der Waals surface area contributed by atoms with Gasteiger partial charge in [-0.25, -0.2) is 13.2 Å². The minimum absolute atomic E-state index is 0.0522. The Bertz CT molecular complexity index is 817. The van der Waals surface area contributed by atoms with E-state index in [1.54, 1.807) is 0 Å². The van der Waals surface area contributed by atoms with Gasteiger partial charge in [-0.3, -0.25) is 4.72 Å². The molecule has 0 atom stereocenters. The third-order valence-corrected chi connectivity index (χ3v) is 6.18. The summed E-state index contributed by atoms with van der Waals surface area (Å²) in [6, 6.07) is 3.64. The normalized spacial score (nSPS) is 11.4. The molecule has 0 amide bonds. The number of halogens is 3. The lowest BCUT2D eigenvalue weighted by atomic mass is 10.3. The van der Waals surface area contributed by atoms with Gasteiger partial charge in [0, 0.05) is 5.38 Å². The third-order valence-electron chi connectivity index (χ3n) is 2.34. The Morgan fingerprint density at radius 3 is 2.29 bits per heavy atom. The topological polar surface area (TPSA) is 83.5 Å². The summed E-state index contributed by atoms with van der Waals surface area (Å²) in [4.78, 5) is 10.8. The fourth-order valence-corrected chi connectivity index (χ4v) is 4.24. The first-order valence-corrected chi connectivity index (χ1v) is 8.69. The number of carboxylic acid groups (broad SMARTS) is 1. The molecule has 2 N–H and O–H groups in total. The summed E-state index contributed by atoms with van der Waals surface area (Å²) < 4.78 is 26.4. The van der Waals surface area contributed by atoms with E-state index in [0.29, 0.717) is 0 Å². The number of carboxylic acids is 1. The number of rotatable bonds is 4. The first-order chi connectivity index (χ1) is 9.70. The zero-order valence-corrected chi connectivity index (χ0v) is 13.8. The fraction of sp³-hybridized carbons (Fsp3) is 0. The molecule has 0 aliphatic rings. The van der Waals surface area contributed by atoms with E-state index in [1.165, 1.54) is 17.5 Å². The molecule has 0 bridgehead atoms. The monoisotopic (exact) mass is 385 g/mol. The zero-order valence-electron chi connectivity index (χ0n) is 9.93. The molecule has 0 saturated carbocycles. The molecule has 1 aromatic heterocycles. The van der Waals surface area contributed by atoms with Crippen LogP contribution in [0, 0.1) is 0 Å². The van der Waals surface area contributed by atoms with E-state index in [-0.39, 0.29) is 30.5 Å². The molecule has 2 aromatic rings. The smallest absolute Gasteiger partial charge is 0.336 e. The Hall–Kier alpha value is -0.990. The van der Waals surface area contributed by atoms with Gasteiger partial charge in [0.25, 0.3) is 10.0 Å². The van der Waals surface area contributed by atoms with Crippen LogP contribution < -0.4 is 4.72 Å². The molecule has 0 aliphatic heterocycles. The van der Waals surface area contributed by atoms with Crippen LogP contribution in [0.4, 0.5) is 5.69 Å². The standard InChI is InChI=1S/C11H6Cl3NO4S2/c12-6-2-8(14)9(3-7(6)13)15-21(18,19)10-1-5(4-20-10)11(16)17/h1-4,15H,(H,16,17). The molecule has 112 valence electrons. The minimum atomic E-state index is -3.96. The summed E-state index contributed by atoms with van der Waals surface area (Å²) in [5, 5.41) is 10.4. The molecule has 0 fully saturated rings. The molecule has 0 radical (unpaired) electrons. The predicted octanol–water partition coefficient (Wildman–Crippen LogP) is 4.21. The van der Waals surface area contributed by atoms with Crippen LogP contribution >= 0.6 is 46.1 Å². The summed E-state index contributed by atoms with van der Waals surface area (Å²) in [6.07, 6.45) is 0. The highest BCUT2D eigenvalue weighted by Gasteiger charge is 2.20. The molecule has 21 heavy (non-hydrogen) atoms. The molecule has 0 aliphatic carbocycles. The number of anilines is 1. The minimum Gasteiger partial charge on any atom is -0.478 e. The lowest BCUT2D eigenvalue weighted by molar-refractivity contribution is 0.0697. The zero-order chi connectivity index (χ0) is 15.8. The number of thiophene rings is 1. The van der Waals surface area contributed by atoms with Gasteiger partial charge in [0.2, 0.25) is 0 Å². The van der Waals surface area contributed by atoms with E-state index in [4.69, 9.17) is 39.9 Å². The maximum absolute atomic E-state index is 12.2. The third kappa shape index (κ3) is 3.61. The van der Waals surface area contributed by atoms with Crippen molar-refractivity contribution in [3.63, 3.8) is 0 Å². The van der Waals surface area contributed by atoms with Gasteiger partial charge < -0.3 is 5.11 Å². The maximum atomic E-state index is 12.2. The fourth-order valence-electron chi connectivity index (χ4n) is 1.37. The van der Waals surface area contributed by atoms with Crippen molar-refractivity contribution in [1.82, 2.24) is 0 Å². The van der Waals surface area contributed by atoms with Crippen LogP contribution in [0.2, 0.25) is 15.1 Å². The second kappa shape index (κ2) is 6.02. The average molecular weight is 387 g/mol. The van der Waals surface area contributed by atoms with E-state index in [2.05, 4.69) is 4.72 Å². The Morgan fingerprint density at radius 2 is 1.71 bits per heavy atom. The predicted molar refractivity (Wildman–Crippen MR) is 83.6 cm³/mol.